The maximum atomic E-state index is 9.24. The van der Waals surface area contributed by atoms with Crippen LogP contribution in [0.5, 0.6) is 0 Å². The van der Waals surface area contributed by atoms with Gasteiger partial charge >= 0.3 is 5.97 Å². The summed E-state index contributed by atoms with van der Waals surface area (Å²) >= 11 is 0. The number of hydrogen-bond acceptors (Lipinski definition) is 2. The molecule has 0 aliphatic rings. The molecule has 0 radical (unpaired) electrons. The zero-order chi connectivity index (χ0) is 4.28. The molecule has 30 valence electrons. The van der Waals surface area contributed by atoms with Crippen molar-refractivity contribution >= 4 is 5.97 Å². The fourth-order valence-corrected chi connectivity index (χ4v) is 0. The van der Waals surface area contributed by atoms with Crippen molar-refractivity contribution in [1.82, 2.24) is 0 Å². The van der Waals surface area contributed by atoms with Crippen LogP contribution in [0.1, 0.15) is 0 Å². The first-order chi connectivity index (χ1) is 2.27. The van der Waals surface area contributed by atoms with Crippen molar-refractivity contribution < 1.29 is 9.90 Å². The normalized spacial score (nSPS) is 7.40. The Morgan fingerprint density at radius 3 is 2.20 bits per heavy atom. The van der Waals surface area contributed by atoms with E-state index in [1.807, 2.05) is 0 Å². The van der Waals surface area contributed by atoms with Crippen LogP contribution in [0.15, 0.2) is 0 Å². The molecule has 0 rings (SSSR count). The average molecular weight is 77.1 g/mol. The molecular formula is C2H5NO2. The fraction of sp³-hybridized carbons (Fsp3) is 0.500. The molecule has 0 saturated carbocycles. The minimum atomic E-state index is -0.968. The van der Waals surface area contributed by atoms with Crippen LogP contribution in [-0.4, -0.2) is 17.6 Å². The third-order valence-corrected chi connectivity index (χ3v) is 0.175. The van der Waals surface area contributed by atoms with Gasteiger partial charge in [0.2, 0.25) is 0 Å². The summed E-state index contributed by atoms with van der Waals surface area (Å²) in [6.07, 6.45) is 0. The van der Waals surface area contributed by atoms with Crippen LogP contribution in [0.3, 0.4) is 0 Å². The van der Waals surface area contributed by atoms with Crippen molar-refractivity contribution in [3.63, 3.8) is 0 Å². The summed E-state index contributed by atoms with van der Waals surface area (Å²) < 4.78 is 0. The zero-order valence-corrected chi connectivity index (χ0v) is 2.64. The number of nitrogens with two attached hydrogens (primary N) is 1. The fourth-order valence-electron chi connectivity index (χ4n) is 0. The summed E-state index contributed by atoms with van der Waals surface area (Å²) in [7, 11) is 0. The Balaban J connectivity index is 2.85. The molecule has 5 heavy (non-hydrogen) atoms. The monoisotopic (exact) mass is 77.0 g/mol. The molecule has 0 unspecified atom stereocenters. The van der Waals surface area contributed by atoms with Crippen LogP contribution in [-0.2, 0) is 4.79 Å². The maximum absolute atomic E-state index is 9.24. The third kappa shape index (κ3) is 3.43. The van der Waals surface area contributed by atoms with E-state index in [-0.39, 0.29) is 6.54 Å². The predicted molar refractivity (Wildman–Crippen MR) is 16.7 cm³/mol. The number of rotatable bonds is 1. The summed E-state index contributed by atoms with van der Waals surface area (Å²) in [5, 5.41) is 7.60. The summed E-state index contributed by atoms with van der Waals surface area (Å²) in [6, 6.07) is 0. The number of carboxylic acid groups (broad SMARTS) is 1. The lowest BCUT2D eigenvalue weighted by Crippen LogP contribution is -2.10. The largest absolute Gasteiger partial charge is 0.480 e. The maximum Gasteiger partial charge on any atom is 0.317 e. The van der Waals surface area contributed by atoms with E-state index in [0.29, 0.717) is 0 Å². The molecule has 0 saturated heterocycles. The molecule has 0 aromatic carbocycles. The van der Waals surface area contributed by atoms with Gasteiger partial charge in [0, 0.05) is 0 Å². The molecule has 3 N–H and O–H groups in total. The van der Waals surface area contributed by atoms with Gasteiger partial charge in [-0.1, -0.05) is 0 Å². The third-order valence-electron chi connectivity index (χ3n) is 0.175. The minimum absolute atomic E-state index is 0.278. The number of aliphatic carboxylic acids is 1. The lowest BCUT2D eigenvalue weighted by molar-refractivity contribution is -0.135. The van der Waals surface area contributed by atoms with Crippen LogP contribution in [0.25, 0.3) is 0 Å². The van der Waals surface area contributed by atoms with E-state index in [9.17, 15) is 4.79 Å². The molecule has 0 bridgehead atoms. The van der Waals surface area contributed by atoms with Crippen molar-refractivity contribution in [3.8, 4) is 0 Å². The highest BCUT2D eigenvalue weighted by Crippen LogP contribution is 1.43. The van der Waals surface area contributed by atoms with E-state index < -0.39 is 5.97 Å². The smallest absolute Gasteiger partial charge is 0.317 e. The van der Waals surface area contributed by atoms with Gasteiger partial charge in [0.15, 0.2) is 0 Å². The molecule has 3 heteroatoms. The quantitative estimate of drug-likeness (QED) is 0.312. The Morgan fingerprint density at radius 1 is 2.00 bits per heavy atom. The first-order valence-electron chi connectivity index (χ1n) is 1.19. The van der Waals surface area contributed by atoms with Crippen LogP contribution >= 0.6 is 0 Å². The topological polar surface area (TPSA) is 63.3 Å². The first kappa shape index (κ1) is 4.43. The molecule has 0 fully saturated rings. The molecule has 0 spiro atoms. The second-order valence-corrected chi connectivity index (χ2v) is 0.598. The number of carbonyl (C=O) groups is 1. The summed E-state index contributed by atoms with van der Waals surface area (Å²) in [6.45, 7) is -0.278. The second kappa shape index (κ2) is 1.72. The standard InChI is InChI=1S/C2H5NO2/c3-1-2(4)5/h1,3H2,(H,4,5)/i1+1,3+1. The molecule has 0 aromatic heterocycles. The first-order valence-corrected chi connectivity index (χ1v) is 1.19. The SMILES string of the molecule is [15NH2][13CH2]C(=O)O. The Kier molecular flexibility index (Phi) is 1.53. The van der Waals surface area contributed by atoms with Gasteiger partial charge in [0.05, 0.1) is 6.54 Å². The van der Waals surface area contributed by atoms with Gasteiger partial charge in [-0.3, -0.25) is 4.79 Å². The highest BCUT2D eigenvalue weighted by atomic mass is 16.4. The second-order valence-electron chi connectivity index (χ2n) is 0.598. The zero-order valence-electron chi connectivity index (χ0n) is 2.64. The van der Waals surface area contributed by atoms with Crippen molar-refractivity contribution in [1.29, 1.82) is 0 Å². The minimum Gasteiger partial charge on any atom is -0.480 e. The molecule has 3 nitrogen and oxygen atoms in total. The van der Waals surface area contributed by atoms with Crippen molar-refractivity contribution in [2.75, 3.05) is 6.54 Å². The molecule has 0 aliphatic carbocycles. The van der Waals surface area contributed by atoms with Crippen LogP contribution in [0.2, 0.25) is 0 Å². The molecule has 0 aromatic rings. The van der Waals surface area contributed by atoms with Gasteiger partial charge in [-0.15, -0.1) is 0 Å². The average Bonchev–Trinajstić information content (AvgIpc) is 1.38. The van der Waals surface area contributed by atoms with Gasteiger partial charge in [0.1, 0.15) is 0 Å². The summed E-state index contributed by atoms with van der Waals surface area (Å²) in [5.74, 6) is -0.968. The lowest BCUT2D eigenvalue weighted by atomic mass is 11.1. The van der Waals surface area contributed by atoms with Crippen LogP contribution in [0, 0.1) is 0 Å². The van der Waals surface area contributed by atoms with E-state index in [4.69, 9.17) is 5.11 Å². The van der Waals surface area contributed by atoms with Crippen LogP contribution in [0.4, 0.5) is 0 Å². The number of hydrogen-bond donors (Lipinski definition) is 2. The van der Waals surface area contributed by atoms with Gasteiger partial charge in [-0.2, -0.15) is 0 Å². The van der Waals surface area contributed by atoms with Gasteiger partial charge in [-0.25, -0.2) is 0 Å². The Bertz CT molecular complexity index is 42.9. The van der Waals surface area contributed by atoms with Gasteiger partial charge in [0.25, 0.3) is 0 Å². The molecule has 0 aliphatic heterocycles. The van der Waals surface area contributed by atoms with E-state index in [1.165, 1.54) is 0 Å². The predicted octanol–water partition coefficient (Wildman–Crippen LogP) is -0.970. The Morgan fingerprint density at radius 2 is 2.20 bits per heavy atom. The van der Waals surface area contributed by atoms with Crippen LogP contribution < -0.4 is 5.73 Å². The molecular weight excluding hydrogens is 72.0 g/mol. The van der Waals surface area contributed by atoms with E-state index in [2.05, 4.69) is 5.73 Å². The Labute approximate surface area is 29.4 Å². The molecule has 0 amide bonds. The molecule has 0 atom stereocenters. The highest BCUT2D eigenvalue weighted by molar-refractivity contribution is 5.68. The van der Waals surface area contributed by atoms with Crippen molar-refractivity contribution in [3.05, 3.63) is 0 Å². The van der Waals surface area contributed by atoms with Gasteiger partial charge < -0.3 is 10.8 Å². The van der Waals surface area contributed by atoms with E-state index in [1.54, 1.807) is 0 Å². The Hall–Kier alpha value is -0.570. The van der Waals surface area contributed by atoms with Crippen molar-refractivity contribution in [2.45, 2.75) is 0 Å². The highest BCUT2D eigenvalue weighted by Gasteiger charge is 1.81. The lowest BCUT2D eigenvalue weighted by Gasteiger charge is -1.73. The van der Waals surface area contributed by atoms with E-state index >= 15 is 0 Å². The molecule has 0 heterocycles. The number of carboxylic acids is 1. The van der Waals surface area contributed by atoms with Gasteiger partial charge in [-0.05, 0) is 0 Å². The summed E-state index contributed by atoms with van der Waals surface area (Å²) in [4.78, 5) is 9.24. The summed E-state index contributed by atoms with van der Waals surface area (Å²) in [5.41, 5.74) is 4.57. The van der Waals surface area contributed by atoms with Crippen molar-refractivity contribution in [2.24, 2.45) is 5.73 Å². The van der Waals surface area contributed by atoms with E-state index in [0.717, 1.165) is 0 Å².